The van der Waals surface area contributed by atoms with Gasteiger partial charge in [0.25, 0.3) is 0 Å². The van der Waals surface area contributed by atoms with Crippen LogP contribution in [0.4, 0.5) is 10.5 Å². The fraction of sp³-hybridized carbons (Fsp3) is 0.0435. The number of halogens is 4. The van der Waals surface area contributed by atoms with Crippen LogP contribution in [0.5, 0.6) is 0 Å². The summed E-state index contributed by atoms with van der Waals surface area (Å²) in [5.41, 5.74) is 3.63. The minimum absolute atomic E-state index is 0.207. The number of carbonyl (C=O) groups is 1. The van der Waals surface area contributed by atoms with Crippen LogP contribution in [-0.4, -0.2) is 15.8 Å². The fourth-order valence-corrected chi connectivity index (χ4v) is 3.80. The SMILES string of the molecule is O=C(NCc1cc(-c2ccc(Cl)cc2)n(-c2ccc(Cl)cc2Cl)n1)Nc1ccc(Cl)cc1. The van der Waals surface area contributed by atoms with Gasteiger partial charge in [0.15, 0.2) is 0 Å². The van der Waals surface area contributed by atoms with Crippen LogP contribution >= 0.6 is 46.4 Å². The average molecular weight is 506 g/mol. The Kier molecular flexibility index (Phi) is 6.92. The van der Waals surface area contributed by atoms with Crippen molar-refractivity contribution in [2.45, 2.75) is 6.54 Å². The van der Waals surface area contributed by atoms with Gasteiger partial charge in [0.2, 0.25) is 0 Å². The van der Waals surface area contributed by atoms with E-state index >= 15 is 0 Å². The Morgan fingerprint density at radius 1 is 0.812 bits per heavy atom. The van der Waals surface area contributed by atoms with E-state index < -0.39 is 0 Å². The molecule has 4 rings (SSSR count). The fourth-order valence-electron chi connectivity index (χ4n) is 3.06. The maximum Gasteiger partial charge on any atom is 0.319 e. The largest absolute Gasteiger partial charge is 0.332 e. The summed E-state index contributed by atoms with van der Waals surface area (Å²) in [6.45, 7) is 0.207. The van der Waals surface area contributed by atoms with E-state index in [0.717, 1.165) is 11.3 Å². The third kappa shape index (κ3) is 5.37. The molecule has 0 fully saturated rings. The summed E-state index contributed by atoms with van der Waals surface area (Å²) in [5, 5.41) is 12.4. The van der Waals surface area contributed by atoms with E-state index in [9.17, 15) is 4.79 Å². The van der Waals surface area contributed by atoms with Crippen molar-refractivity contribution in [3.05, 3.63) is 98.6 Å². The van der Waals surface area contributed by atoms with Crippen LogP contribution in [0.3, 0.4) is 0 Å². The molecule has 0 atom stereocenters. The number of aromatic nitrogens is 2. The van der Waals surface area contributed by atoms with E-state index in [2.05, 4.69) is 15.7 Å². The Labute approximate surface area is 204 Å². The van der Waals surface area contributed by atoms with Crippen molar-refractivity contribution in [1.82, 2.24) is 15.1 Å². The van der Waals surface area contributed by atoms with Crippen LogP contribution < -0.4 is 10.6 Å². The van der Waals surface area contributed by atoms with Gasteiger partial charge in [-0.05, 0) is 60.7 Å². The summed E-state index contributed by atoms with van der Waals surface area (Å²) >= 11 is 24.4. The van der Waals surface area contributed by atoms with Crippen LogP contribution in [-0.2, 0) is 6.54 Å². The lowest BCUT2D eigenvalue weighted by Crippen LogP contribution is -2.28. The van der Waals surface area contributed by atoms with E-state index in [4.69, 9.17) is 46.4 Å². The first-order valence-electron chi connectivity index (χ1n) is 9.50. The Hall–Kier alpha value is -2.70. The standard InChI is InChI=1S/C23H16Cl4N4O/c24-15-3-1-14(2-4-15)22-12-19(30-31(22)21-10-7-17(26)11-20(21)27)13-28-23(32)29-18-8-5-16(25)6-9-18/h1-12H,13H2,(H2,28,29,32). The second kappa shape index (κ2) is 9.84. The van der Waals surface area contributed by atoms with Gasteiger partial charge in [0.1, 0.15) is 0 Å². The highest BCUT2D eigenvalue weighted by Crippen LogP contribution is 2.30. The maximum absolute atomic E-state index is 12.3. The number of hydrogen-bond donors (Lipinski definition) is 2. The van der Waals surface area contributed by atoms with Crippen molar-refractivity contribution in [3.8, 4) is 16.9 Å². The smallest absolute Gasteiger partial charge is 0.319 e. The molecule has 9 heteroatoms. The second-order valence-corrected chi connectivity index (χ2v) is 8.57. The Morgan fingerprint density at radius 2 is 1.44 bits per heavy atom. The van der Waals surface area contributed by atoms with E-state index in [1.54, 1.807) is 59.3 Å². The van der Waals surface area contributed by atoms with E-state index in [1.807, 2.05) is 18.2 Å². The number of benzene rings is 3. The molecule has 2 N–H and O–H groups in total. The molecule has 3 aromatic carbocycles. The lowest BCUT2D eigenvalue weighted by Gasteiger charge is -2.10. The third-order valence-electron chi connectivity index (χ3n) is 4.57. The van der Waals surface area contributed by atoms with Gasteiger partial charge < -0.3 is 10.6 Å². The van der Waals surface area contributed by atoms with Crippen LogP contribution in [0.1, 0.15) is 5.69 Å². The second-order valence-electron chi connectivity index (χ2n) is 6.85. The monoisotopic (exact) mass is 504 g/mol. The summed E-state index contributed by atoms with van der Waals surface area (Å²) in [5.74, 6) is 0. The Morgan fingerprint density at radius 3 is 2.09 bits per heavy atom. The predicted octanol–water partition coefficient (Wildman–Crippen LogP) is 7.47. The van der Waals surface area contributed by atoms with Gasteiger partial charge in [-0.25, -0.2) is 9.48 Å². The molecule has 1 heterocycles. The number of anilines is 1. The van der Waals surface area contributed by atoms with Gasteiger partial charge in [-0.2, -0.15) is 5.10 Å². The molecule has 5 nitrogen and oxygen atoms in total. The molecule has 0 aliphatic carbocycles. The summed E-state index contributed by atoms with van der Waals surface area (Å²) in [6.07, 6.45) is 0. The van der Waals surface area contributed by atoms with Crippen molar-refractivity contribution in [3.63, 3.8) is 0 Å². The molecule has 162 valence electrons. The van der Waals surface area contributed by atoms with Crippen molar-refractivity contribution in [2.75, 3.05) is 5.32 Å². The van der Waals surface area contributed by atoms with Crippen molar-refractivity contribution >= 4 is 58.1 Å². The molecule has 1 aromatic heterocycles. The number of urea groups is 1. The molecular formula is C23H16Cl4N4O. The van der Waals surface area contributed by atoms with Crippen LogP contribution in [0.15, 0.2) is 72.8 Å². The quantitative estimate of drug-likeness (QED) is 0.295. The normalized spacial score (nSPS) is 10.8. The highest BCUT2D eigenvalue weighted by atomic mass is 35.5. The predicted molar refractivity (Wildman–Crippen MR) is 131 cm³/mol. The van der Waals surface area contributed by atoms with E-state index in [0.29, 0.717) is 37.2 Å². The minimum Gasteiger partial charge on any atom is -0.332 e. The first-order chi connectivity index (χ1) is 15.4. The number of nitrogens with one attached hydrogen (secondary N) is 2. The highest BCUT2D eigenvalue weighted by Gasteiger charge is 2.15. The number of hydrogen-bond acceptors (Lipinski definition) is 2. The molecule has 0 aliphatic heterocycles. The van der Waals surface area contributed by atoms with Gasteiger partial charge >= 0.3 is 6.03 Å². The van der Waals surface area contributed by atoms with Gasteiger partial charge in [0.05, 0.1) is 28.6 Å². The molecule has 0 bridgehead atoms. The van der Waals surface area contributed by atoms with Gasteiger partial charge in [-0.15, -0.1) is 0 Å². The van der Waals surface area contributed by atoms with Gasteiger partial charge in [-0.3, -0.25) is 0 Å². The molecule has 0 aliphatic rings. The lowest BCUT2D eigenvalue weighted by atomic mass is 10.1. The average Bonchev–Trinajstić information content (AvgIpc) is 3.18. The maximum atomic E-state index is 12.3. The number of carbonyl (C=O) groups excluding carboxylic acids is 1. The van der Waals surface area contributed by atoms with Crippen molar-refractivity contribution in [2.24, 2.45) is 0 Å². The van der Waals surface area contributed by atoms with Crippen molar-refractivity contribution < 1.29 is 4.79 Å². The highest BCUT2D eigenvalue weighted by molar-refractivity contribution is 6.35. The molecule has 0 radical (unpaired) electrons. The van der Waals surface area contributed by atoms with E-state index in [-0.39, 0.29) is 12.6 Å². The number of amides is 2. The van der Waals surface area contributed by atoms with Crippen LogP contribution in [0.25, 0.3) is 16.9 Å². The van der Waals surface area contributed by atoms with Gasteiger partial charge in [0, 0.05) is 26.3 Å². The zero-order valence-corrected chi connectivity index (χ0v) is 19.5. The summed E-state index contributed by atoms with van der Waals surface area (Å²) in [7, 11) is 0. The summed E-state index contributed by atoms with van der Waals surface area (Å²) in [6, 6.07) is 20.9. The van der Waals surface area contributed by atoms with E-state index in [1.165, 1.54) is 0 Å². The molecule has 4 aromatic rings. The lowest BCUT2D eigenvalue weighted by molar-refractivity contribution is 0.251. The molecule has 0 unspecified atom stereocenters. The van der Waals surface area contributed by atoms with Crippen molar-refractivity contribution in [1.29, 1.82) is 0 Å². The Bertz CT molecular complexity index is 1250. The topological polar surface area (TPSA) is 59.0 Å². The third-order valence-corrected chi connectivity index (χ3v) is 5.61. The first kappa shape index (κ1) is 22.5. The molecule has 0 saturated heterocycles. The minimum atomic E-state index is -0.362. The molecule has 0 spiro atoms. The van der Waals surface area contributed by atoms with Gasteiger partial charge in [-0.1, -0.05) is 58.5 Å². The summed E-state index contributed by atoms with van der Waals surface area (Å²) < 4.78 is 1.72. The Balaban J connectivity index is 1.59. The zero-order valence-electron chi connectivity index (χ0n) is 16.4. The molecular weight excluding hydrogens is 490 g/mol. The zero-order chi connectivity index (χ0) is 22.7. The molecule has 0 saturated carbocycles. The van der Waals surface area contributed by atoms with Crippen LogP contribution in [0, 0.1) is 0 Å². The molecule has 2 amide bonds. The number of nitrogens with zero attached hydrogens (tertiary/aromatic N) is 2. The number of rotatable bonds is 5. The van der Waals surface area contributed by atoms with Crippen LogP contribution in [0.2, 0.25) is 20.1 Å². The molecule has 32 heavy (non-hydrogen) atoms. The summed E-state index contributed by atoms with van der Waals surface area (Å²) in [4.78, 5) is 12.3. The first-order valence-corrected chi connectivity index (χ1v) is 11.0.